The summed E-state index contributed by atoms with van der Waals surface area (Å²) >= 11 is 0. The Labute approximate surface area is 87.3 Å². The van der Waals surface area contributed by atoms with Crippen molar-refractivity contribution in [2.45, 2.75) is 6.42 Å². The number of hydrogen-bond acceptors (Lipinski definition) is 2. The van der Waals surface area contributed by atoms with Crippen LogP contribution in [0.2, 0.25) is 0 Å². The van der Waals surface area contributed by atoms with Gasteiger partial charge in [0.2, 0.25) is 5.91 Å². The molecule has 0 spiro atoms. The lowest BCUT2D eigenvalue weighted by atomic mass is 10.2. The van der Waals surface area contributed by atoms with Gasteiger partial charge < -0.3 is 10.5 Å². The molecule has 0 aliphatic rings. The normalized spacial score (nSPS) is 10.5. The number of rotatable bonds is 4. The third-order valence-corrected chi connectivity index (χ3v) is 1.76. The topological polar surface area (TPSA) is 52.3 Å². The van der Waals surface area contributed by atoms with E-state index in [1.54, 1.807) is 18.2 Å². The van der Waals surface area contributed by atoms with Crippen molar-refractivity contribution in [2.24, 2.45) is 5.73 Å². The van der Waals surface area contributed by atoms with E-state index in [1.165, 1.54) is 19.2 Å². The van der Waals surface area contributed by atoms with Crippen molar-refractivity contribution in [3.63, 3.8) is 0 Å². The number of hydrogen-bond donors (Lipinski definition) is 1. The first kappa shape index (κ1) is 11.2. The molecule has 0 saturated carbocycles. The van der Waals surface area contributed by atoms with Crippen molar-refractivity contribution in [1.29, 1.82) is 0 Å². The Morgan fingerprint density at radius 3 is 2.87 bits per heavy atom. The van der Waals surface area contributed by atoms with E-state index in [1.807, 2.05) is 0 Å². The van der Waals surface area contributed by atoms with Crippen molar-refractivity contribution in [1.82, 2.24) is 0 Å². The summed E-state index contributed by atoms with van der Waals surface area (Å²) in [4.78, 5) is 10.5. The van der Waals surface area contributed by atoms with Crippen LogP contribution in [0.1, 0.15) is 12.0 Å². The number of primary amides is 1. The van der Waals surface area contributed by atoms with Gasteiger partial charge in [0, 0.05) is 12.5 Å². The van der Waals surface area contributed by atoms with Crippen LogP contribution in [0.3, 0.4) is 0 Å². The molecule has 3 nitrogen and oxygen atoms in total. The van der Waals surface area contributed by atoms with Crippen LogP contribution in [0.15, 0.2) is 24.3 Å². The summed E-state index contributed by atoms with van der Waals surface area (Å²) < 4.78 is 17.9. The second kappa shape index (κ2) is 5.14. The summed E-state index contributed by atoms with van der Waals surface area (Å²) in [5.41, 5.74) is 5.59. The standard InChI is InChI=1S/C11H12FNO2/c1-15-10-6-8(5-9(12)7-10)3-2-4-11(13)14/h2-3,5-7H,4H2,1H3,(H2,13,14). The molecule has 0 aliphatic carbocycles. The maximum atomic E-state index is 13.0. The zero-order valence-electron chi connectivity index (χ0n) is 8.37. The predicted molar refractivity (Wildman–Crippen MR) is 55.8 cm³/mol. The van der Waals surface area contributed by atoms with Crippen molar-refractivity contribution >= 4 is 12.0 Å². The van der Waals surface area contributed by atoms with Gasteiger partial charge in [-0.3, -0.25) is 4.79 Å². The Kier molecular flexibility index (Phi) is 3.85. The Balaban J connectivity index is 2.80. The molecule has 1 rings (SSSR count). The van der Waals surface area contributed by atoms with Gasteiger partial charge in [-0.15, -0.1) is 0 Å². The zero-order valence-corrected chi connectivity index (χ0v) is 8.37. The van der Waals surface area contributed by atoms with Gasteiger partial charge in [-0.05, 0) is 17.7 Å². The second-order valence-electron chi connectivity index (χ2n) is 3.00. The minimum atomic E-state index is -0.422. The van der Waals surface area contributed by atoms with Crippen LogP contribution in [0.25, 0.3) is 6.08 Å². The molecule has 80 valence electrons. The van der Waals surface area contributed by atoms with Gasteiger partial charge >= 0.3 is 0 Å². The fraction of sp³-hybridized carbons (Fsp3) is 0.182. The van der Waals surface area contributed by atoms with E-state index < -0.39 is 5.91 Å². The fourth-order valence-corrected chi connectivity index (χ4v) is 1.11. The zero-order chi connectivity index (χ0) is 11.3. The summed E-state index contributed by atoms with van der Waals surface area (Å²) in [5, 5.41) is 0. The van der Waals surface area contributed by atoms with E-state index in [0.717, 1.165) is 0 Å². The molecular formula is C11H12FNO2. The first-order chi connectivity index (χ1) is 7.11. The molecule has 0 atom stereocenters. The number of amides is 1. The quantitative estimate of drug-likeness (QED) is 0.820. The molecule has 1 aromatic carbocycles. The lowest BCUT2D eigenvalue weighted by Gasteiger charge is -2.01. The van der Waals surface area contributed by atoms with Gasteiger partial charge in [-0.2, -0.15) is 0 Å². The Bertz CT molecular complexity index is 388. The number of benzene rings is 1. The number of methoxy groups -OCH3 is 1. The van der Waals surface area contributed by atoms with E-state index in [9.17, 15) is 9.18 Å². The van der Waals surface area contributed by atoms with Gasteiger partial charge in [0.05, 0.1) is 7.11 Å². The van der Waals surface area contributed by atoms with Gasteiger partial charge in [-0.1, -0.05) is 12.2 Å². The van der Waals surface area contributed by atoms with Gasteiger partial charge in [0.15, 0.2) is 0 Å². The van der Waals surface area contributed by atoms with Crippen LogP contribution in [-0.4, -0.2) is 13.0 Å². The summed E-state index contributed by atoms with van der Waals surface area (Å²) in [7, 11) is 1.46. The first-order valence-corrected chi connectivity index (χ1v) is 4.41. The van der Waals surface area contributed by atoms with E-state index in [-0.39, 0.29) is 12.2 Å². The average molecular weight is 209 g/mol. The van der Waals surface area contributed by atoms with Crippen molar-refractivity contribution in [2.75, 3.05) is 7.11 Å². The molecule has 0 unspecified atom stereocenters. The molecule has 2 N–H and O–H groups in total. The lowest BCUT2D eigenvalue weighted by molar-refractivity contribution is -0.117. The van der Waals surface area contributed by atoms with Gasteiger partial charge in [0.1, 0.15) is 11.6 Å². The van der Waals surface area contributed by atoms with Gasteiger partial charge in [-0.25, -0.2) is 4.39 Å². The molecule has 0 aliphatic heterocycles. The molecule has 1 aromatic rings. The maximum absolute atomic E-state index is 13.0. The molecule has 15 heavy (non-hydrogen) atoms. The third-order valence-electron chi connectivity index (χ3n) is 1.76. The van der Waals surface area contributed by atoms with Crippen LogP contribution in [0.5, 0.6) is 5.75 Å². The predicted octanol–water partition coefficient (Wildman–Crippen LogP) is 1.72. The van der Waals surface area contributed by atoms with Crippen LogP contribution in [0, 0.1) is 5.82 Å². The number of ether oxygens (including phenoxy) is 1. The highest BCUT2D eigenvalue weighted by molar-refractivity contribution is 5.76. The van der Waals surface area contributed by atoms with Crippen LogP contribution in [-0.2, 0) is 4.79 Å². The summed E-state index contributed by atoms with van der Waals surface area (Å²) in [6, 6.07) is 4.30. The number of nitrogens with two attached hydrogens (primary N) is 1. The molecule has 0 saturated heterocycles. The second-order valence-corrected chi connectivity index (χ2v) is 3.00. The summed E-state index contributed by atoms with van der Waals surface area (Å²) in [6.45, 7) is 0. The lowest BCUT2D eigenvalue weighted by Crippen LogP contribution is -2.07. The average Bonchev–Trinajstić information content (AvgIpc) is 2.16. The third kappa shape index (κ3) is 3.81. The van der Waals surface area contributed by atoms with E-state index >= 15 is 0 Å². The summed E-state index contributed by atoms with van der Waals surface area (Å²) in [6.07, 6.45) is 3.34. The van der Waals surface area contributed by atoms with Crippen molar-refractivity contribution < 1.29 is 13.9 Å². The highest BCUT2D eigenvalue weighted by atomic mass is 19.1. The molecule has 0 bridgehead atoms. The molecular weight excluding hydrogens is 197 g/mol. The molecule has 0 aromatic heterocycles. The smallest absolute Gasteiger partial charge is 0.221 e. The Morgan fingerprint density at radius 1 is 1.53 bits per heavy atom. The number of halogens is 1. The molecule has 4 heteroatoms. The van der Waals surface area contributed by atoms with Crippen molar-refractivity contribution in [3.05, 3.63) is 35.7 Å². The largest absolute Gasteiger partial charge is 0.497 e. The van der Waals surface area contributed by atoms with Crippen LogP contribution in [0.4, 0.5) is 4.39 Å². The fourth-order valence-electron chi connectivity index (χ4n) is 1.11. The van der Waals surface area contributed by atoms with Gasteiger partial charge in [0.25, 0.3) is 0 Å². The monoisotopic (exact) mass is 209 g/mol. The highest BCUT2D eigenvalue weighted by Gasteiger charge is 1.98. The van der Waals surface area contributed by atoms with Crippen LogP contribution < -0.4 is 10.5 Å². The number of carbonyl (C=O) groups excluding carboxylic acids is 1. The molecule has 1 amide bonds. The maximum Gasteiger partial charge on any atom is 0.221 e. The van der Waals surface area contributed by atoms with E-state index in [0.29, 0.717) is 11.3 Å². The van der Waals surface area contributed by atoms with E-state index in [4.69, 9.17) is 10.5 Å². The Hall–Kier alpha value is -1.84. The SMILES string of the molecule is COc1cc(F)cc(C=CCC(N)=O)c1. The molecule has 0 fully saturated rings. The minimum absolute atomic E-state index is 0.138. The minimum Gasteiger partial charge on any atom is -0.497 e. The molecule has 0 radical (unpaired) electrons. The highest BCUT2D eigenvalue weighted by Crippen LogP contribution is 2.16. The van der Waals surface area contributed by atoms with Crippen LogP contribution >= 0.6 is 0 Å². The summed E-state index contributed by atoms with van der Waals surface area (Å²) in [5.74, 6) is -0.364. The Morgan fingerprint density at radius 2 is 2.27 bits per heavy atom. The van der Waals surface area contributed by atoms with E-state index in [2.05, 4.69) is 0 Å². The molecule has 0 heterocycles. The number of carbonyl (C=O) groups is 1. The first-order valence-electron chi connectivity index (χ1n) is 4.41. The van der Waals surface area contributed by atoms with Crippen molar-refractivity contribution in [3.8, 4) is 5.75 Å².